The average Bonchev–Trinajstić information content (AvgIpc) is 2.87. The van der Waals surface area contributed by atoms with Crippen molar-refractivity contribution in [2.45, 2.75) is 77.7 Å². The topological polar surface area (TPSA) is 29.9 Å². The van der Waals surface area contributed by atoms with Gasteiger partial charge in [0.1, 0.15) is 5.82 Å². The summed E-state index contributed by atoms with van der Waals surface area (Å²) in [4.78, 5) is 4.51. The highest BCUT2D eigenvalue weighted by Crippen LogP contribution is 2.19. The Kier molecular flexibility index (Phi) is 9.38. The van der Waals surface area contributed by atoms with Crippen LogP contribution >= 0.6 is 0 Å². The Bertz CT molecular complexity index is 333. The Hall–Kier alpha value is -0.830. The number of hydrogen-bond donors (Lipinski definition) is 1. The van der Waals surface area contributed by atoms with Crippen LogP contribution in [0.2, 0.25) is 0 Å². The molecule has 1 N–H and O–H groups in total. The Balaban J connectivity index is 2.26. The van der Waals surface area contributed by atoms with Gasteiger partial charge in [0.05, 0.1) is 6.04 Å². The van der Waals surface area contributed by atoms with Crippen molar-refractivity contribution in [2.24, 2.45) is 7.05 Å². The van der Waals surface area contributed by atoms with Crippen LogP contribution in [0.3, 0.4) is 0 Å². The molecule has 0 spiro atoms. The number of nitrogens with zero attached hydrogens (tertiary/aromatic N) is 2. The molecule has 0 radical (unpaired) electrons. The lowest BCUT2D eigenvalue weighted by molar-refractivity contribution is 0.440. The molecule has 116 valence electrons. The van der Waals surface area contributed by atoms with Gasteiger partial charge in [-0.2, -0.15) is 0 Å². The van der Waals surface area contributed by atoms with Crippen LogP contribution in [0.1, 0.15) is 83.5 Å². The summed E-state index contributed by atoms with van der Waals surface area (Å²) in [6.07, 6.45) is 15.9. The molecule has 0 fully saturated rings. The van der Waals surface area contributed by atoms with Crippen LogP contribution in [0.25, 0.3) is 0 Å². The summed E-state index contributed by atoms with van der Waals surface area (Å²) in [5.41, 5.74) is 0. The van der Waals surface area contributed by atoms with Crippen molar-refractivity contribution < 1.29 is 0 Å². The summed E-state index contributed by atoms with van der Waals surface area (Å²) in [7, 11) is 2.09. The standard InChI is InChI=1S/C17H33N3/c1-4-6-7-8-9-10-11-12-16(18-13-5-2)17-19-14-15-20(17)3/h14-16,18H,4-13H2,1-3H3. The van der Waals surface area contributed by atoms with Gasteiger partial charge in [-0.05, 0) is 19.4 Å². The monoisotopic (exact) mass is 279 g/mol. The summed E-state index contributed by atoms with van der Waals surface area (Å²) < 4.78 is 2.15. The molecule has 1 aromatic heterocycles. The molecular weight excluding hydrogens is 246 g/mol. The summed E-state index contributed by atoms with van der Waals surface area (Å²) >= 11 is 0. The molecule has 1 atom stereocenters. The van der Waals surface area contributed by atoms with Gasteiger partial charge in [0.2, 0.25) is 0 Å². The first-order chi connectivity index (χ1) is 9.79. The highest BCUT2D eigenvalue weighted by atomic mass is 15.1. The molecule has 1 rings (SSSR count). The molecule has 1 aromatic rings. The molecule has 0 aliphatic heterocycles. The maximum Gasteiger partial charge on any atom is 0.125 e. The zero-order chi connectivity index (χ0) is 14.6. The van der Waals surface area contributed by atoms with E-state index in [1.54, 1.807) is 0 Å². The normalized spacial score (nSPS) is 12.8. The molecule has 0 amide bonds. The van der Waals surface area contributed by atoms with Gasteiger partial charge in [-0.15, -0.1) is 0 Å². The molecular formula is C17H33N3. The van der Waals surface area contributed by atoms with Crippen LogP contribution < -0.4 is 5.32 Å². The maximum absolute atomic E-state index is 4.51. The Morgan fingerprint density at radius 1 is 1.05 bits per heavy atom. The molecule has 3 heteroatoms. The molecule has 1 unspecified atom stereocenters. The van der Waals surface area contributed by atoms with Gasteiger partial charge in [0, 0.05) is 19.4 Å². The number of imidazole rings is 1. The number of nitrogens with one attached hydrogen (secondary N) is 1. The minimum Gasteiger partial charge on any atom is -0.337 e. The first-order valence-electron chi connectivity index (χ1n) is 8.50. The molecule has 0 aromatic carbocycles. The second kappa shape index (κ2) is 10.9. The van der Waals surface area contributed by atoms with Crippen molar-refractivity contribution in [3.05, 3.63) is 18.2 Å². The van der Waals surface area contributed by atoms with Gasteiger partial charge in [-0.25, -0.2) is 4.98 Å². The van der Waals surface area contributed by atoms with Crippen molar-refractivity contribution in [2.75, 3.05) is 6.54 Å². The highest BCUT2D eigenvalue weighted by Gasteiger charge is 2.14. The Labute approximate surface area is 125 Å². The van der Waals surface area contributed by atoms with Gasteiger partial charge in [0.15, 0.2) is 0 Å². The average molecular weight is 279 g/mol. The van der Waals surface area contributed by atoms with E-state index in [0.717, 1.165) is 6.54 Å². The molecule has 3 nitrogen and oxygen atoms in total. The van der Waals surface area contributed by atoms with Crippen LogP contribution in [0, 0.1) is 0 Å². The van der Waals surface area contributed by atoms with E-state index in [9.17, 15) is 0 Å². The number of aryl methyl sites for hydroxylation is 1. The second-order valence-electron chi connectivity index (χ2n) is 5.81. The summed E-state index contributed by atoms with van der Waals surface area (Å²) in [6.45, 7) is 5.57. The zero-order valence-electron chi connectivity index (χ0n) is 13.7. The van der Waals surface area contributed by atoms with E-state index in [2.05, 4.69) is 35.8 Å². The number of unbranched alkanes of at least 4 members (excludes halogenated alkanes) is 6. The smallest absolute Gasteiger partial charge is 0.125 e. The molecule has 0 saturated heterocycles. The SMILES string of the molecule is CCCCCCCCCC(NCCC)c1nccn1C. The van der Waals surface area contributed by atoms with E-state index in [4.69, 9.17) is 0 Å². The Morgan fingerprint density at radius 2 is 1.75 bits per heavy atom. The van der Waals surface area contributed by atoms with Crippen molar-refractivity contribution in [1.82, 2.24) is 14.9 Å². The van der Waals surface area contributed by atoms with Gasteiger partial charge in [-0.3, -0.25) is 0 Å². The van der Waals surface area contributed by atoms with Gasteiger partial charge < -0.3 is 9.88 Å². The first-order valence-corrected chi connectivity index (χ1v) is 8.50. The fraction of sp³-hybridized carbons (Fsp3) is 0.824. The van der Waals surface area contributed by atoms with Crippen LogP contribution in [-0.4, -0.2) is 16.1 Å². The summed E-state index contributed by atoms with van der Waals surface area (Å²) in [5.74, 6) is 1.18. The lowest BCUT2D eigenvalue weighted by Gasteiger charge is -2.18. The molecule has 20 heavy (non-hydrogen) atoms. The fourth-order valence-electron chi connectivity index (χ4n) is 2.66. The fourth-order valence-corrected chi connectivity index (χ4v) is 2.66. The minimum absolute atomic E-state index is 0.422. The number of rotatable bonds is 12. The van der Waals surface area contributed by atoms with E-state index in [-0.39, 0.29) is 0 Å². The highest BCUT2D eigenvalue weighted by molar-refractivity contribution is 4.98. The van der Waals surface area contributed by atoms with E-state index >= 15 is 0 Å². The van der Waals surface area contributed by atoms with Crippen molar-refractivity contribution in [3.8, 4) is 0 Å². The third kappa shape index (κ3) is 6.56. The predicted molar refractivity (Wildman–Crippen MR) is 86.9 cm³/mol. The van der Waals surface area contributed by atoms with Crippen molar-refractivity contribution in [3.63, 3.8) is 0 Å². The number of aromatic nitrogens is 2. The van der Waals surface area contributed by atoms with Gasteiger partial charge in [0.25, 0.3) is 0 Å². The van der Waals surface area contributed by atoms with Crippen LogP contribution in [0.15, 0.2) is 12.4 Å². The minimum atomic E-state index is 0.422. The lowest BCUT2D eigenvalue weighted by Crippen LogP contribution is -2.24. The van der Waals surface area contributed by atoms with Gasteiger partial charge >= 0.3 is 0 Å². The largest absolute Gasteiger partial charge is 0.337 e. The van der Waals surface area contributed by atoms with Crippen LogP contribution in [-0.2, 0) is 7.05 Å². The van der Waals surface area contributed by atoms with Crippen LogP contribution in [0.4, 0.5) is 0 Å². The first kappa shape index (κ1) is 17.2. The number of hydrogen-bond acceptors (Lipinski definition) is 2. The quantitative estimate of drug-likeness (QED) is 0.567. The molecule has 1 heterocycles. The third-order valence-corrected chi connectivity index (χ3v) is 3.91. The van der Waals surface area contributed by atoms with Gasteiger partial charge in [-0.1, -0.05) is 58.8 Å². The summed E-state index contributed by atoms with van der Waals surface area (Å²) in [5, 5.41) is 3.64. The zero-order valence-corrected chi connectivity index (χ0v) is 13.7. The van der Waals surface area contributed by atoms with Crippen molar-refractivity contribution in [1.29, 1.82) is 0 Å². The lowest BCUT2D eigenvalue weighted by atomic mass is 10.0. The van der Waals surface area contributed by atoms with Crippen LogP contribution in [0.5, 0.6) is 0 Å². The van der Waals surface area contributed by atoms with E-state index in [1.807, 2.05) is 12.4 Å². The summed E-state index contributed by atoms with van der Waals surface area (Å²) in [6, 6.07) is 0.422. The third-order valence-electron chi connectivity index (χ3n) is 3.91. The molecule has 0 saturated carbocycles. The van der Waals surface area contributed by atoms with E-state index in [1.165, 1.54) is 63.6 Å². The maximum atomic E-state index is 4.51. The molecule has 0 bridgehead atoms. The second-order valence-corrected chi connectivity index (χ2v) is 5.81. The van der Waals surface area contributed by atoms with Crippen molar-refractivity contribution >= 4 is 0 Å². The molecule has 0 aliphatic carbocycles. The molecule has 0 aliphatic rings. The predicted octanol–water partition coefficient (Wildman–Crippen LogP) is 4.60. The Morgan fingerprint density at radius 3 is 2.35 bits per heavy atom. The van der Waals surface area contributed by atoms with E-state index < -0.39 is 0 Å². The van der Waals surface area contributed by atoms with E-state index in [0.29, 0.717) is 6.04 Å².